The van der Waals surface area contributed by atoms with E-state index in [-0.39, 0.29) is 11.4 Å². The molecule has 0 saturated carbocycles. The van der Waals surface area contributed by atoms with Gasteiger partial charge in [0.2, 0.25) is 0 Å². The van der Waals surface area contributed by atoms with E-state index in [0.29, 0.717) is 0 Å². The maximum atomic E-state index is 12.7. The van der Waals surface area contributed by atoms with E-state index in [9.17, 15) is 8.78 Å². The molecule has 3 nitrogen and oxygen atoms in total. The number of anilines is 1. The van der Waals surface area contributed by atoms with Crippen LogP contribution in [0.2, 0.25) is 0 Å². The number of hydrogen-bond donors (Lipinski definition) is 2. The van der Waals surface area contributed by atoms with Gasteiger partial charge in [-0.05, 0) is 12.1 Å². The number of benzene rings is 1. The van der Waals surface area contributed by atoms with Gasteiger partial charge in [0.25, 0.3) is 0 Å². The summed E-state index contributed by atoms with van der Waals surface area (Å²) in [7, 11) is 0. The first kappa shape index (κ1) is 10.7. The van der Waals surface area contributed by atoms with Crippen LogP contribution in [0, 0.1) is 5.82 Å². The van der Waals surface area contributed by atoms with Crippen molar-refractivity contribution in [3.8, 4) is 5.75 Å². The van der Waals surface area contributed by atoms with Gasteiger partial charge in [-0.25, -0.2) is 8.78 Å². The fraction of sp³-hybridized carbons (Fsp3) is 0.333. The lowest BCUT2D eigenvalue weighted by molar-refractivity contribution is 0.0935. The van der Waals surface area contributed by atoms with Crippen LogP contribution in [-0.4, -0.2) is 24.5 Å². The molecule has 1 rings (SSSR count). The number of alkyl halides is 1. The zero-order valence-corrected chi connectivity index (χ0v) is 7.41. The highest BCUT2D eigenvalue weighted by Gasteiger charge is 2.11. The van der Waals surface area contributed by atoms with Crippen LogP contribution in [0.4, 0.5) is 14.5 Å². The quantitative estimate of drug-likeness (QED) is 0.721. The van der Waals surface area contributed by atoms with Crippen molar-refractivity contribution in [1.82, 2.24) is 0 Å². The molecule has 0 aromatic heterocycles. The molecular formula is C9H11F2NO2. The minimum atomic E-state index is -1.00. The third-order valence-corrected chi connectivity index (χ3v) is 1.64. The van der Waals surface area contributed by atoms with E-state index < -0.39 is 25.2 Å². The molecule has 1 aromatic carbocycles. The first-order chi connectivity index (χ1) is 6.67. The number of nitrogen functional groups attached to an aromatic ring is 1. The number of nitrogens with two attached hydrogens (primary N) is 1. The van der Waals surface area contributed by atoms with Crippen molar-refractivity contribution < 1.29 is 18.6 Å². The van der Waals surface area contributed by atoms with Crippen molar-refractivity contribution in [2.75, 3.05) is 19.0 Å². The summed E-state index contributed by atoms with van der Waals surface area (Å²) in [6.45, 7) is -1.33. The molecule has 0 heterocycles. The van der Waals surface area contributed by atoms with E-state index >= 15 is 0 Å². The fourth-order valence-electron chi connectivity index (χ4n) is 0.907. The molecule has 0 saturated heterocycles. The highest BCUT2D eigenvalue weighted by molar-refractivity contribution is 5.52. The number of halogens is 2. The van der Waals surface area contributed by atoms with Crippen LogP contribution in [-0.2, 0) is 0 Å². The van der Waals surface area contributed by atoms with Crippen molar-refractivity contribution in [2.24, 2.45) is 0 Å². The SMILES string of the molecule is Nc1ccc(F)cc1O[C@H](CO)CF. The van der Waals surface area contributed by atoms with Crippen molar-refractivity contribution in [1.29, 1.82) is 0 Å². The molecular weight excluding hydrogens is 192 g/mol. The third-order valence-electron chi connectivity index (χ3n) is 1.64. The number of aliphatic hydroxyl groups is 1. The average Bonchev–Trinajstić information content (AvgIpc) is 2.19. The van der Waals surface area contributed by atoms with Gasteiger partial charge in [-0.2, -0.15) is 0 Å². The average molecular weight is 203 g/mol. The van der Waals surface area contributed by atoms with Crippen LogP contribution in [0.1, 0.15) is 0 Å². The molecule has 0 aliphatic heterocycles. The summed E-state index contributed by atoms with van der Waals surface area (Å²) in [5.74, 6) is -0.480. The van der Waals surface area contributed by atoms with Gasteiger partial charge in [-0.15, -0.1) is 0 Å². The lowest BCUT2D eigenvalue weighted by Crippen LogP contribution is -2.23. The number of rotatable bonds is 4. The summed E-state index contributed by atoms with van der Waals surface area (Å²) < 4.78 is 29.8. The summed E-state index contributed by atoms with van der Waals surface area (Å²) in [4.78, 5) is 0. The maximum Gasteiger partial charge on any atom is 0.150 e. The number of hydrogen-bond acceptors (Lipinski definition) is 3. The standard InChI is InChI=1S/C9H11F2NO2/c10-4-7(5-13)14-9-3-6(11)1-2-8(9)12/h1-3,7,13H,4-5,12H2/t7-/m0/s1. The van der Waals surface area contributed by atoms with Crippen LogP contribution in [0.15, 0.2) is 18.2 Å². The summed E-state index contributed by atoms with van der Waals surface area (Å²) in [6, 6.07) is 3.54. The minimum Gasteiger partial charge on any atom is -0.483 e. The molecule has 0 amide bonds. The maximum absolute atomic E-state index is 12.7. The van der Waals surface area contributed by atoms with E-state index in [0.717, 1.165) is 6.07 Å². The summed E-state index contributed by atoms with van der Waals surface area (Å²) in [5, 5.41) is 8.65. The van der Waals surface area contributed by atoms with Gasteiger partial charge in [-0.1, -0.05) is 0 Å². The highest BCUT2D eigenvalue weighted by Crippen LogP contribution is 2.23. The van der Waals surface area contributed by atoms with Gasteiger partial charge >= 0.3 is 0 Å². The van der Waals surface area contributed by atoms with E-state index in [2.05, 4.69) is 0 Å². The lowest BCUT2D eigenvalue weighted by Gasteiger charge is -2.14. The Morgan fingerprint density at radius 2 is 2.21 bits per heavy atom. The molecule has 0 radical (unpaired) electrons. The monoisotopic (exact) mass is 203 g/mol. The first-order valence-electron chi connectivity index (χ1n) is 4.06. The van der Waals surface area contributed by atoms with E-state index in [1.54, 1.807) is 0 Å². The van der Waals surface area contributed by atoms with Crippen LogP contribution in [0.5, 0.6) is 5.75 Å². The number of ether oxygens (including phenoxy) is 1. The van der Waals surface area contributed by atoms with Gasteiger partial charge in [0.05, 0.1) is 12.3 Å². The van der Waals surface area contributed by atoms with Gasteiger partial charge in [0.1, 0.15) is 24.3 Å². The summed E-state index contributed by atoms with van der Waals surface area (Å²) in [5.41, 5.74) is 5.66. The van der Waals surface area contributed by atoms with Crippen molar-refractivity contribution >= 4 is 5.69 Å². The molecule has 1 aromatic rings. The Morgan fingerprint density at radius 3 is 2.79 bits per heavy atom. The normalized spacial score (nSPS) is 12.5. The van der Waals surface area contributed by atoms with Gasteiger partial charge in [0, 0.05) is 6.07 Å². The first-order valence-corrected chi connectivity index (χ1v) is 4.06. The lowest BCUT2D eigenvalue weighted by atomic mass is 10.3. The minimum absolute atomic E-state index is 0.0432. The molecule has 0 aliphatic carbocycles. The largest absolute Gasteiger partial charge is 0.483 e. The number of aliphatic hydroxyl groups excluding tert-OH is 1. The van der Waals surface area contributed by atoms with Crippen molar-refractivity contribution in [2.45, 2.75) is 6.10 Å². The highest BCUT2D eigenvalue weighted by atomic mass is 19.1. The second-order valence-electron chi connectivity index (χ2n) is 2.76. The summed E-state index contributed by atoms with van der Waals surface area (Å²) in [6.07, 6.45) is -1.00. The zero-order chi connectivity index (χ0) is 10.6. The van der Waals surface area contributed by atoms with Gasteiger partial charge in [-0.3, -0.25) is 0 Å². The Hall–Kier alpha value is -1.36. The Labute approximate surface area is 80.1 Å². The van der Waals surface area contributed by atoms with Crippen LogP contribution in [0.3, 0.4) is 0 Å². The van der Waals surface area contributed by atoms with Gasteiger partial charge in [0.15, 0.2) is 0 Å². The fourth-order valence-corrected chi connectivity index (χ4v) is 0.907. The third kappa shape index (κ3) is 2.56. The predicted octanol–water partition coefficient (Wildman–Crippen LogP) is 1.12. The molecule has 0 spiro atoms. The molecule has 14 heavy (non-hydrogen) atoms. The van der Waals surface area contributed by atoms with Crippen molar-refractivity contribution in [3.63, 3.8) is 0 Å². The van der Waals surface area contributed by atoms with Crippen LogP contribution in [0.25, 0.3) is 0 Å². The van der Waals surface area contributed by atoms with E-state index in [4.69, 9.17) is 15.6 Å². The van der Waals surface area contributed by atoms with Gasteiger partial charge < -0.3 is 15.6 Å². The second kappa shape index (κ2) is 4.76. The molecule has 0 fully saturated rings. The summed E-state index contributed by atoms with van der Waals surface area (Å²) >= 11 is 0. The molecule has 5 heteroatoms. The zero-order valence-electron chi connectivity index (χ0n) is 7.41. The van der Waals surface area contributed by atoms with E-state index in [1.807, 2.05) is 0 Å². The Kier molecular flexibility index (Phi) is 3.64. The van der Waals surface area contributed by atoms with Crippen LogP contribution >= 0.6 is 0 Å². The van der Waals surface area contributed by atoms with Crippen LogP contribution < -0.4 is 10.5 Å². The molecule has 1 atom stereocenters. The predicted molar refractivity (Wildman–Crippen MR) is 48.3 cm³/mol. The topological polar surface area (TPSA) is 55.5 Å². The Balaban J connectivity index is 2.79. The Bertz CT molecular complexity index is 303. The molecule has 0 aliphatic rings. The molecule has 0 unspecified atom stereocenters. The van der Waals surface area contributed by atoms with E-state index in [1.165, 1.54) is 12.1 Å². The molecule has 3 N–H and O–H groups in total. The Morgan fingerprint density at radius 1 is 1.50 bits per heavy atom. The van der Waals surface area contributed by atoms with Crippen molar-refractivity contribution in [3.05, 3.63) is 24.0 Å². The second-order valence-corrected chi connectivity index (χ2v) is 2.76. The molecule has 0 bridgehead atoms. The smallest absolute Gasteiger partial charge is 0.150 e. The molecule has 78 valence electrons.